The summed E-state index contributed by atoms with van der Waals surface area (Å²) in [5.74, 6) is 0. The van der Waals surface area contributed by atoms with Crippen molar-refractivity contribution >= 4 is 42.3 Å². The first-order valence-electron chi connectivity index (χ1n) is 11.8. The molecule has 0 fully saturated rings. The average Bonchev–Trinajstić information content (AvgIpc) is 2.38. The lowest BCUT2D eigenvalue weighted by Crippen LogP contribution is -2.80. The van der Waals surface area contributed by atoms with Crippen LogP contribution in [-0.4, -0.2) is 46.2 Å². The van der Waals surface area contributed by atoms with E-state index in [9.17, 15) is 0 Å². The molecule has 1 atom stereocenters. The molecule has 31 heavy (non-hydrogen) atoms. The molecule has 0 saturated carbocycles. The maximum absolute atomic E-state index is 17.1. The van der Waals surface area contributed by atoms with Crippen molar-refractivity contribution in [3.63, 3.8) is 0 Å². The van der Waals surface area contributed by atoms with E-state index >= 15 is 8.22 Å². The molecule has 1 unspecified atom stereocenters. The van der Waals surface area contributed by atoms with Crippen molar-refractivity contribution in [1.82, 2.24) is 8.54 Å². The second kappa shape index (κ2) is 9.46. The van der Waals surface area contributed by atoms with Gasteiger partial charge in [-0.1, -0.05) is 109 Å². The van der Waals surface area contributed by atoms with E-state index in [2.05, 4.69) is 89.4 Å². The fourth-order valence-corrected chi connectivity index (χ4v) is 40.8. The Morgan fingerprint density at radius 2 is 0.968 bits per heavy atom. The van der Waals surface area contributed by atoms with Crippen molar-refractivity contribution < 1.29 is 12.3 Å². The van der Waals surface area contributed by atoms with Crippen LogP contribution in [-0.2, 0) is 4.12 Å². The summed E-state index contributed by atoms with van der Waals surface area (Å²) in [4.78, 5) is 0. The molecule has 3 nitrogen and oxygen atoms in total. The molecule has 10 heteroatoms. The Bertz CT molecular complexity index is 567. The van der Waals surface area contributed by atoms with Gasteiger partial charge in [0.05, 0.1) is 0 Å². The van der Waals surface area contributed by atoms with Crippen LogP contribution in [0.2, 0.25) is 67.0 Å². The molecule has 0 radical (unpaired) electrons. The quantitative estimate of drug-likeness (QED) is 0.240. The number of halogens is 2. The van der Waals surface area contributed by atoms with Crippen LogP contribution in [0.5, 0.6) is 0 Å². The Morgan fingerprint density at radius 1 is 0.677 bits per heavy atom. The molecule has 0 saturated heterocycles. The Balaban J connectivity index is 7.03. The number of hydrogen-bond acceptors (Lipinski definition) is 3. The van der Waals surface area contributed by atoms with Crippen molar-refractivity contribution in [2.24, 2.45) is 0 Å². The maximum Gasteiger partial charge on any atom is 0.443 e. The van der Waals surface area contributed by atoms with Gasteiger partial charge in [0.25, 0.3) is 8.48 Å². The maximum atomic E-state index is 17.1. The van der Waals surface area contributed by atoms with Crippen LogP contribution in [0, 0.1) is 0 Å². The van der Waals surface area contributed by atoms with Gasteiger partial charge in [0.1, 0.15) is 16.5 Å². The van der Waals surface area contributed by atoms with Crippen molar-refractivity contribution in [2.45, 2.75) is 136 Å². The number of nitrogens with zero attached hydrogens (tertiary/aromatic N) is 1. The van der Waals surface area contributed by atoms with E-state index in [1.54, 1.807) is 6.55 Å². The lowest BCUT2D eigenvalue weighted by molar-refractivity contribution is 0.341. The molecule has 0 aromatic rings. The van der Waals surface area contributed by atoms with Crippen molar-refractivity contribution in [1.29, 1.82) is 0 Å². The largest absolute Gasteiger partial charge is 0.443 e. The van der Waals surface area contributed by atoms with E-state index in [0.29, 0.717) is 0 Å². The predicted molar refractivity (Wildman–Crippen MR) is 148 cm³/mol. The fourth-order valence-electron chi connectivity index (χ4n) is 5.59. The molecular formula is C21H54F2N2OSi5. The highest BCUT2D eigenvalue weighted by Crippen LogP contribution is 2.53. The van der Waals surface area contributed by atoms with Crippen molar-refractivity contribution in [3.8, 4) is 0 Å². The molecule has 188 valence electrons. The monoisotopic (exact) mass is 528 g/mol. The molecule has 0 aliphatic heterocycles. The molecule has 0 aliphatic rings. The van der Waals surface area contributed by atoms with Gasteiger partial charge in [-0.25, -0.2) is 0 Å². The van der Waals surface area contributed by atoms with Gasteiger partial charge in [0.2, 0.25) is 0 Å². The summed E-state index contributed by atoms with van der Waals surface area (Å²) in [6.07, 6.45) is 0. The first kappa shape index (κ1) is 31.8. The Morgan fingerprint density at radius 3 is 1.16 bits per heavy atom. The Labute approximate surface area is 199 Å². The summed E-state index contributed by atoms with van der Waals surface area (Å²) in [7, 11) is -14.5. The third-order valence-electron chi connectivity index (χ3n) is 6.24. The van der Waals surface area contributed by atoms with E-state index < -0.39 is 42.3 Å². The van der Waals surface area contributed by atoms with Crippen LogP contribution in [0.1, 0.15) is 69.2 Å². The fraction of sp³-hybridized carbons (Fsp3) is 1.00. The minimum absolute atomic E-state index is 0.120. The zero-order valence-electron chi connectivity index (χ0n) is 23.8. The van der Waals surface area contributed by atoms with Gasteiger partial charge >= 0.3 is 17.4 Å². The van der Waals surface area contributed by atoms with Crippen LogP contribution in [0.15, 0.2) is 0 Å². The molecule has 0 bridgehead atoms. The molecule has 0 aromatic carbocycles. The van der Waals surface area contributed by atoms with Gasteiger partial charge in [-0.15, -0.1) is 0 Å². The molecule has 0 spiro atoms. The number of rotatable bonds is 9. The predicted octanol–water partition coefficient (Wildman–Crippen LogP) is 8.38. The zero-order valence-corrected chi connectivity index (χ0v) is 28.8. The van der Waals surface area contributed by atoms with Crippen LogP contribution >= 0.6 is 0 Å². The Kier molecular flexibility index (Phi) is 9.72. The molecule has 0 aliphatic carbocycles. The van der Waals surface area contributed by atoms with E-state index in [1.807, 2.05) is 27.7 Å². The highest BCUT2D eigenvalue weighted by Gasteiger charge is 2.66. The van der Waals surface area contributed by atoms with Crippen molar-refractivity contribution in [3.05, 3.63) is 0 Å². The molecule has 0 rings (SSSR count). The topological polar surface area (TPSA) is 24.5 Å². The molecule has 0 amide bonds. The minimum Gasteiger partial charge on any atom is -0.409 e. The SMILES string of the molecule is CC(C)[Si](F)(N[Si](O[Si](C)(F)N([Si](C)(C)C)[Si](C)(C)C)(C(C)(C)C)C(C)(C)C)C(C)C. The summed E-state index contributed by atoms with van der Waals surface area (Å²) in [6.45, 7) is 35.5. The van der Waals surface area contributed by atoms with Crippen LogP contribution < -0.4 is 4.65 Å². The van der Waals surface area contributed by atoms with Crippen LogP contribution in [0.25, 0.3) is 0 Å². The molecular weight excluding hydrogens is 475 g/mol. The second-order valence-corrected chi connectivity index (χ2v) is 37.2. The lowest BCUT2D eigenvalue weighted by Gasteiger charge is -2.58. The first-order valence-corrected chi connectivity index (χ1v) is 24.9. The standard InChI is InChI=1S/C21H54F2N2OSi5/c1-18(2)30(23,19(3)4)24-31(20(5,6)7,21(8,9)10)26-29(17,22)25(27(11,12)13)28(14,15)16/h18-19,24H,1-17H3. The van der Waals surface area contributed by atoms with E-state index in [-0.39, 0.29) is 21.2 Å². The van der Waals surface area contributed by atoms with Gasteiger partial charge in [0, 0.05) is 0 Å². The average molecular weight is 529 g/mol. The van der Waals surface area contributed by atoms with Gasteiger partial charge in [-0.3, -0.25) is 8.22 Å². The normalized spacial score (nSPS) is 17.6. The summed E-state index contributed by atoms with van der Waals surface area (Å²) in [5.41, 5.74) is -0.240. The highest BCUT2D eigenvalue weighted by atomic mass is 28.5. The van der Waals surface area contributed by atoms with Gasteiger partial charge in [-0.05, 0) is 27.7 Å². The number of hydrogen-bond donors (Lipinski definition) is 1. The zero-order chi connectivity index (χ0) is 25.6. The third kappa shape index (κ3) is 6.92. The number of nitrogens with one attached hydrogen (secondary N) is 1. The van der Waals surface area contributed by atoms with E-state index in [0.717, 1.165) is 0 Å². The summed E-state index contributed by atoms with van der Waals surface area (Å²) >= 11 is 0. The second-order valence-electron chi connectivity index (χ2n) is 14.0. The summed E-state index contributed by atoms with van der Waals surface area (Å²) in [5, 5.41) is -0.769. The minimum atomic E-state index is -3.82. The molecule has 0 aromatic heterocycles. The first-order chi connectivity index (χ1) is 13.2. The van der Waals surface area contributed by atoms with Gasteiger partial charge in [-0.2, -0.15) is 0 Å². The van der Waals surface area contributed by atoms with Gasteiger partial charge in [0.15, 0.2) is 0 Å². The van der Waals surface area contributed by atoms with E-state index in [4.69, 9.17) is 4.12 Å². The smallest absolute Gasteiger partial charge is 0.409 e. The van der Waals surface area contributed by atoms with E-state index in [1.165, 1.54) is 0 Å². The molecule has 0 heterocycles. The lowest BCUT2D eigenvalue weighted by atomic mass is 10.2. The highest BCUT2D eigenvalue weighted by molar-refractivity contribution is 7.03. The summed E-state index contributed by atoms with van der Waals surface area (Å²) < 4.78 is 46.6. The molecule has 1 N–H and O–H groups in total. The Hall–Kier alpha value is 0.824. The summed E-state index contributed by atoms with van der Waals surface area (Å²) in [6, 6.07) is 0. The van der Waals surface area contributed by atoms with Crippen LogP contribution in [0.4, 0.5) is 8.22 Å². The van der Waals surface area contributed by atoms with Gasteiger partial charge < -0.3 is 12.7 Å². The third-order valence-corrected chi connectivity index (χ3v) is 33.4. The van der Waals surface area contributed by atoms with Crippen LogP contribution in [0.3, 0.4) is 0 Å². The van der Waals surface area contributed by atoms with Crippen molar-refractivity contribution in [2.75, 3.05) is 0 Å².